The van der Waals surface area contributed by atoms with Gasteiger partial charge in [0.25, 0.3) is 0 Å². The molecule has 9 heteroatoms. The number of rotatable bonds is 6. The number of nitrogens with zero attached hydrogens (tertiary/aromatic N) is 3. The molecule has 1 fully saturated rings. The lowest BCUT2D eigenvalue weighted by Gasteiger charge is -2.12. The molecule has 3 aromatic heterocycles. The standard InChI is InChI=1S/C19H21N5S.3ClH/c1-2-5-15(4-1)21-12-14-8-9-17(22-13-14)24-18-7-3-6-16(23-18)19-20-10-11-25-19;;;/h3,6-11,13,15,21H,1-2,4-5,12H2,(H,22,23,24);3*1H. The molecular weight excluding hydrogens is 437 g/mol. The topological polar surface area (TPSA) is 62.7 Å². The van der Waals surface area contributed by atoms with E-state index in [4.69, 9.17) is 0 Å². The third kappa shape index (κ3) is 6.57. The Bertz CT molecular complexity index is 809. The molecular formula is C19H24Cl3N5S. The van der Waals surface area contributed by atoms with Crippen LogP contribution in [0.2, 0.25) is 0 Å². The van der Waals surface area contributed by atoms with Crippen molar-refractivity contribution in [2.24, 2.45) is 0 Å². The van der Waals surface area contributed by atoms with E-state index in [0.29, 0.717) is 6.04 Å². The molecule has 0 atom stereocenters. The molecule has 0 unspecified atom stereocenters. The van der Waals surface area contributed by atoms with E-state index in [-0.39, 0.29) is 37.2 Å². The Morgan fingerprint density at radius 1 is 0.964 bits per heavy atom. The highest BCUT2D eigenvalue weighted by atomic mass is 35.5. The molecule has 1 saturated carbocycles. The van der Waals surface area contributed by atoms with Gasteiger partial charge in [-0.2, -0.15) is 0 Å². The van der Waals surface area contributed by atoms with Gasteiger partial charge in [0, 0.05) is 30.4 Å². The first-order valence-corrected chi connectivity index (χ1v) is 9.57. The van der Waals surface area contributed by atoms with Crippen molar-refractivity contribution < 1.29 is 0 Å². The average Bonchev–Trinajstić information content (AvgIpc) is 3.35. The Hall–Kier alpha value is -1.44. The van der Waals surface area contributed by atoms with E-state index in [1.54, 1.807) is 17.5 Å². The van der Waals surface area contributed by atoms with Gasteiger partial charge in [0.2, 0.25) is 0 Å². The van der Waals surface area contributed by atoms with Gasteiger partial charge in [0.15, 0.2) is 0 Å². The normalized spacial score (nSPS) is 13.1. The first-order valence-electron chi connectivity index (χ1n) is 8.69. The number of aromatic nitrogens is 3. The predicted octanol–water partition coefficient (Wildman–Crippen LogP) is 5.64. The third-order valence-electron chi connectivity index (χ3n) is 4.43. The molecule has 152 valence electrons. The zero-order chi connectivity index (χ0) is 16.9. The highest BCUT2D eigenvalue weighted by molar-refractivity contribution is 7.13. The second kappa shape index (κ2) is 12.2. The number of anilines is 2. The molecule has 0 amide bonds. The van der Waals surface area contributed by atoms with E-state index in [1.165, 1.54) is 31.2 Å². The van der Waals surface area contributed by atoms with Crippen molar-refractivity contribution in [2.75, 3.05) is 5.32 Å². The van der Waals surface area contributed by atoms with Crippen molar-refractivity contribution in [2.45, 2.75) is 38.3 Å². The van der Waals surface area contributed by atoms with Crippen molar-refractivity contribution in [3.8, 4) is 10.7 Å². The van der Waals surface area contributed by atoms with Crippen LogP contribution in [0, 0.1) is 0 Å². The monoisotopic (exact) mass is 459 g/mol. The summed E-state index contributed by atoms with van der Waals surface area (Å²) in [5.74, 6) is 1.57. The fourth-order valence-electron chi connectivity index (χ4n) is 3.10. The van der Waals surface area contributed by atoms with Gasteiger partial charge >= 0.3 is 0 Å². The summed E-state index contributed by atoms with van der Waals surface area (Å²) in [6, 6.07) is 10.7. The van der Waals surface area contributed by atoms with Crippen LogP contribution >= 0.6 is 48.6 Å². The van der Waals surface area contributed by atoms with Crippen LogP contribution in [-0.4, -0.2) is 21.0 Å². The van der Waals surface area contributed by atoms with Crippen LogP contribution in [0.5, 0.6) is 0 Å². The van der Waals surface area contributed by atoms with Crippen molar-refractivity contribution in [3.63, 3.8) is 0 Å². The molecule has 0 radical (unpaired) electrons. The molecule has 0 bridgehead atoms. The minimum absolute atomic E-state index is 0. The summed E-state index contributed by atoms with van der Waals surface area (Å²) in [4.78, 5) is 13.4. The third-order valence-corrected chi connectivity index (χ3v) is 5.23. The van der Waals surface area contributed by atoms with Crippen molar-refractivity contribution >= 4 is 60.2 Å². The minimum atomic E-state index is 0. The van der Waals surface area contributed by atoms with Gasteiger partial charge in [-0.1, -0.05) is 25.0 Å². The Kier molecular flexibility index (Phi) is 10.7. The summed E-state index contributed by atoms with van der Waals surface area (Å²) < 4.78 is 0. The van der Waals surface area contributed by atoms with Crippen LogP contribution in [0.15, 0.2) is 48.1 Å². The van der Waals surface area contributed by atoms with Gasteiger partial charge in [-0.25, -0.2) is 15.0 Å². The summed E-state index contributed by atoms with van der Waals surface area (Å²) in [6.45, 7) is 0.885. The molecule has 1 aliphatic carbocycles. The Labute approximate surface area is 188 Å². The minimum Gasteiger partial charge on any atom is -0.325 e. The molecule has 0 saturated heterocycles. The predicted molar refractivity (Wildman–Crippen MR) is 124 cm³/mol. The largest absolute Gasteiger partial charge is 0.325 e. The molecule has 5 nitrogen and oxygen atoms in total. The summed E-state index contributed by atoms with van der Waals surface area (Å²) in [7, 11) is 0. The number of nitrogens with one attached hydrogen (secondary N) is 2. The Morgan fingerprint density at radius 2 is 1.79 bits per heavy atom. The van der Waals surface area contributed by atoms with Gasteiger partial charge < -0.3 is 10.6 Å². The maximum atomic E-state index is 4.61. The molecule has 0 spiro atoms. The van der Waals surface area contributed by atoms with Crippen molar-refractivity contribution in [1.29, 1.82) is 0 Å². The second-order valence-electron chi connectivity index (χ2n) is 6.28. The molecule has 1 aliphatic rings. The van der Waals surface area contributed by atoms with Crippen LogP contribution in [0.3, 0.4) is 0 Å². The van der Waals surface area contributed by atoms with Crippen LogP contribution in [0.4, 0.5) is 11.6 Å². The molecule has 0 aromatic carbocycles. The van der Waals surface area contributed by atoms with Crippen LogP contribution < -0.4 is 10.6 Å². The van der Waals surface area contributed by atoms with E-state index in [1.807, 2.05) is 35.8 Å². The van der Waals surface area contributed by atoms with Gasteiger partial charge in [0.1, 0.15) is 22.3 Å². The van der Waals surface area contributed by atoms with Gasteiger partial charge in [-0.15, -0.1) is 48.6 Å². The highest BCUT2D eigenvalue weighted by Crippen LogP contribution is 2.22. The average molecular weight is 461 g/mol. The summed E-state index contributed by atoms with van der Waals surface area (Å²) in [6.07, 6.45) is 9.02. The van der Waals surface area contributed by atoms with Crippen LogP contribution in [0.1, 0.15) is 31.2 Å². The Morgan fingerprint density at radius 3 is 2.46 bits per heavy atom. The molecule has 2 N–H and O–H groups in total. The van der Waals surface area contributed by atoms with Crippen LogP contribution in [-0.2, 0) is 6.54 Å². The smallest absolute Gasteiger partial charge is 0.141 e. The highest BCUT2D eigenvalue weighted by Gasteiger charge is 2.13. The summed E-state index contributed by atoms with van der Waals surface area (Å²) >= 11 is 1.58. The number of hydrogen-bond donors (Lipinski definition) is 2. The van der Waals surface area contributed by atoms with E-state index < -0.39 is 0 Å². The lowest BCUT2D eigenvalue weighted by atomic mass is 10.2. The lowest BCUT2D eigenvalue weighted by molar-refractivity contribution is 0.524. The maximum absolute atomic E-state index is 4.61. The SMILES string of the molecule is Cl.Cl.Cl.c1cc(Nc2ccc(CNC3CCCC3)cn2)nc(-c2nccs2)c1. The van der Waals surface area contributed by atoms with Crippen LogP contribution in [0.25, 0.3) is 10.7 Å². The molecule has 0 aliphatic heterocycles. The number of halogens is 3. The first kappa shape index (κ1) is 24.6. The number of pyridine rings is 2. The Balaban J connectivity index is 0.00000131. The zero-order valence-corrected chi connectivity index (χ0v) is 18.5. The van der Waals surface area contributed by atoms with E-state index >= 15 is 0 Å². The first-order chi connectivity index (χ1) is 12.4. The summed E-state index contributed by atoms with van der Waals surface area (Å²) in [5, 5.41) is 9.75. The van der Waals surface area contributed by atoms with Gasteiger partial charge in [0.05, 0.1) is 0 Å². The van der Waals surface area contributed by atoms with E-state index in [9.17, 15) is 0 Å². The maximum Gasteiger partial charge on any atom is 0.141 e. The molecule has 3 heterocycles. The fourth-order valence-corrected chi connectivity index (χ4v) is 3.71. The van der Waals surface area contributed by atoms with E-state index in [0.717, 1.165) is 28.9 Å². The fraction of sp³-hybridized carbons (Fsp3) is 0.316. The summed E-state index contributed by atoms with van der Waals surface area (Å²) in [5.41, 5.74) is 2.08. The number of hydrogen-bond acceptors (Lipinski definition) is 6. The second-order valence-corrected chi connectivity index (χ2v) is 7.18. The van der Waals surface area contributed by atoms with Gasteiger partial charge in [-0.05, 0) is 36.6 Å². The lowest BCUT2D eigenvalue weighted by Crippen LogP contribution is -2.25. The van der Waals surface area contributed by atoms with E-state index in [2.05, 4.69) is 31.7 Å². The quantitative estimate of drug-likeness (QED) is 0.498. The molecule has 3 aromatic rings. The van der Waals surface area contributed by atoms with Crippen molar-refractivity contribution in [3.05, 3.63) is 53.7 Å². The zero-order valence-electron chi connectivity index (χ0n) is 15.2. The molecule has 28 heavy (non-hydrogen) atoms. The molecule has 4 rings (SSSR count). The van der Waals surface area contributed by atoms with Gasteiger partial charge in [-0.3, -0.25) is 0 Å². The number of thiazole rings is 1. The van der Waals surface area contributed by atoms with Crippen molar-refractivity contribution in [1.82, 2.24) is 20.3 Å².